The molecular weight excluding hydrogens is 261 g/mol. The fraction of sp³-hybridized carbons (Fsp3) is 0.286. The highest BCUT2D eigenvalue weighted by Crippen LogP contribution is 2.16. The highest BCUT2D eigenvalue weighted by molar-refractivity contribution is 5.94. The summed E-state index contributed by atoms with van der Waals surface area (Å²) >= 11 is 0. The number of hydrogen-bond donors (Lipinski definition) is 2. The van der Waals surface area contributed by atoms with Crippen LogP contribution < -0.4 is 5.32 Å². The van der Waals surface area contributed by atoms with Gasteiger partial charge in [-0.15, -0.1) is 0 Å². The van der Waals surface area contributed by atoms with Gasteiger partial charge in [0, 0.05) is 18.3 Å². The normalized spacial score (nSPS) is 12.2. The number of halogens is 1. The zero-order valence-electron chi connectivity index (χ0n) is 11.3. The number of aryl methyl sites for hydroxylation is 1. The molecule has 1 unspecified atom stereocenters. The fourth-order valence-electron chi connectivity index (χ4n) is 1.76. The molecule has 0 bridgehead atoms. The molecule has 5 nitrogen and oxygen atoms in total. The molecule has 2 rings (SSSR count). The number of amides is 1. The summed E-state index contributed by atoms with van der Waals surface area (Å²) in [5, 5.41) is 16.1. The van der Waals surface area contributed by atoms with E-state index >= 15 is 0 Å². The lowest BCUT2D eigenvalue weighted by Gasteiger charge is -2.13. The van der Waals surface area contributed by atoms with E-state index in [1.165, 1.54) is 6.07 Å². The minimum absolute atomic E-state index is 0.00157. The molecule has 1 amide bonds. The van der Waals surface area contributed by atoms with Crippen LogP contribution in [0.1, 0.15) is 28.9 Å². The SMILES string of the molecule is Cc1cnn(C(C)CNC(=O)c2ccc(F)c(O)c2)c1. The van der Waals surface area contributed by atoms with Gasteiger partial charge in [-0.1, -0.05) is 0 Å². The second-order valence-corrected chi connectivity index (χ2v) is 4.72. The van der Waals surface area contributed by atoms with Crippen molar-refractivity contribution < 1.29 is 14.3 Å². The first-order valence-corrected chi connectivity index (χ1v) is 6.25. The Labute approximate surface area is 116 Å². The van der Waals surface area contributed by atoms with Gasteiger partial charge in [0.15, 0.2) is 11.6 Å². The maximum atomic E-state index is 12.9. The molecule has 0 saturated heterocycles. The van der Waals surface area contributed by atoms with E-state index in [1.54, 1.807) is 10.9 Å². The molecule has 0 radical (unpaired) electrons. The lowest BCUT2D eigenvalue weighted by atomic mass is 10.2. The predicted octanol–water partition coefficient (Wildman–Crippen LogP) is 2.03. The van der Waals surface area contributed by atoms with E-state index in [2.05, 4.69) is 10.4 Å². The summed E-state index contributed by atoms with van der Waals surface area (Å²) in [6.07, 6.45) is 3.64. The summed E-state index contributed by atoms with van der Waals surface area (Å²) in [4.78, 5) is 11.9. The largest absolute Gasteiger partial charge is 0.505 e. The van der Waals surface area contributed by atoms with Crippen LogP contribution in [0.5, 0.6) is 5.75 Å². The highest BCUT2D eigenvalue weighted by atomic mass is 19.1. The van der Waals surface area contributed by atoms with Gasteiger partial charge in [0.25, 0.3) is 5.91 Å². The second kappa shape index (κ2) is 5.73. The number of aromatic hydroxyl groups is 1. The van der Waals surface area contributed by atoms with Crippen molar-refractivity contribution in [2.75, 3.05) is 6.54 Å². The third kappa shape index (κ3) is 3.14. The minimum atomic E-state index is -0.748. The molecule has 0 aliphatic rings. The standard InChI is InChI=1S/C14H16FN3O2/c1-9-6-17-18(8-9)10(2)7-16-14(20)11-3-4-12(15)13(19)5-11/h3-6,8,10,19H,7H2,1-2H3,(H,16,20). The van der Waals surface area contributed by atoms with Gasteiger partial charge in [0.2, 0.25) is 0 Å². The smallest absolute Gasteiger partial charge is 0.251 e. The topological polar surface area (TPSA) is 67.2 Å². The molecule has 2 N–H and O–H groups in total. The summed E-state index contributed by atoms with van der Waals surface area (Å²) in [5.41, 5.74) is 1.26. The Morgan fingerprint density at radius 3 is 2.90 bits per heavy atom. The first-order valence-electron chi connectivity index (χ1n) is 6.25. The zero-order valence-corrected chi connectivity index (χ0v) is 11.3. The Kier molecular flexibility index (Phi) is 4.02. The number of phenols is 1. The highest BCUT2D eigenvalue weighted by Gasteiger charge is 2.11. The summed E-state index contributed by atoms with van der Waals surface area (Å²) in [6, 6.07) is 3.49. The molecule has 0 spiro atoms. The van der Waals surface area contributed by atoms with E-state index in [-0.39, 0.29) is 17.5 Å². The van der Waals surface area contributed by atoms with Gasteiger partial charge in [-0.25, -0.2) is 4.39 Å². The third-order valence-corrected chi connectivity index (χ3v) is 2.95. The maximum absolute atomic E-state index is 12.9. The van der Waals surface area contributed by atoms with E-state index in [0.717, 1.165) is 17.7 Å². The van der Waals surface area contributed by atoms with Crippen LogP contribution in [-0.4, -0.2) is 27.3 Å². The van der Waals surface area contributed by atoms with E-state index in [9.17, 15) is 14.3 Å². The Bertz CT molecular complexity index is 625. The summed E-state index contributed by atoms with van der Waals surface area (Å²) < 4.78 is 14.7. The molecule has 2 aromatic rings. The van der Waals surface area contributed by atoms with Crippen molar-refractivity contribution in [2.24, 2.45) is 0 Å². The fourth-order valence-corrected chi connectivity index (χ4v) is 1.76. The van der Waals surface area contributed by atoms with Crippen molar-refractivity contribution in [3.8, 4) is 5.75 Å². The molecule has 106 valence electrons. The van der Waals surface area contributed by atoms with Crippen molar-refractivity contribution in [1.29, 1.82) is 0 Å². The van der Waals surface area contributed by atoms with Crippen LogP contribution in [0.2, 0.25) is 0 Å². The quantitative estimate of drug-likeness (QED) is 0.898. The molecular formula is C14H16FN3O2. The molecule has 1 aromatic carbocycles. The number of hydrogen-bond acceptors (Lipinski definition) is 3. The molecule has 0 saturated carbocycles. The molecule has 0 aliphatic carbocycles. The minimum Gasteiger partial charge on any atom is -0.505 e. The second-order valence-electron chi connectivity index (χ2n) is 4.72. The van der Waals surface area contributed by atoms with Gasteiger partial charge in [-0.3, -0.25) is 9.48 Å². The van der Waals surface area contributed by atoms with Gasteiger partial charge >= 0.3 is 0 Å². The Morgan fingerprint density at radius 2 is 2.30 bits per heavy atom. The monoisotopic (exact) mass is 277 g/mol. The Hall–Kier alpha value is -2.37. The molecule has 1 atom stereocenters. The molecule has 20 heavy (non-hydrogen) atoms. The summed E-state index contributed by atoms with van der Waals surface area (Å²) in [7, 11) is 0. The summed E-state index contributed by atoms with van der Waals surface area (Å²) in [5.74, 6) is -1.65. The van der Waals surface area contributed by atoms with Gasteiger partial charge in [0.05, 0.1) is 12.2 Å². The third-order valence-electron chi connectivity index (χ3n) is 2.95. The number of carbonyl (C=O) groups is 1. The lowest BCUT2D eigenvalue weighted by molar-refractivity contribution is 0.0947. The predicted molar refractivity (Wildman–Crippen MR) is 72.1 cm³/mol. The van der Waals surface area contributed by atoms with Crippen LogP contribution >= 0.6 is 0 Å². The Balaban J connectivity index is 1.96. The van der Waals surface area contributed by atoms with Gasteiger partial charge in [0.1, 0.15) is 0 Å². The number of carbonyl (C=O) groups excluding carboxylic acids is 1. The van der Waals surface area contributed by atoms with Crippen molar-refractivity contribution >= 4 is 5.91 Å². The zero-order chi connectivity index (χ0) is 14.7. The average Bonchev–Trinajstić information content (AvgIpc) is 2.85. The molecule has 0 fully saturated rings. The van der Waals surface area contributed by atoms with Crippen LogP contribution in [-0.2, 0) is 0 Å². The van der Waals surface area contributed by atoms with E-state index in [1.807, 2.05) is 20.0 Å². The van der Waals surface area contributed by atoms with Gasteiger partial charge in [-0.05, 0) is 37.6 Å². The van der Waals surface area contributed by atoms with Crippen molar-refractivity contribution in [3.05, 3.63) is 47.5 Å². The van der Waals surface area contributed by atoms with E-state index in [0.29, 0.717) is 6.54 Å². The van der Waals surface area contributed by atoms with Crippen molar-refractivity contribution in [1.82, 2.24) is 15.1 Å². The Morgan fingerprint density at radius 1 is 1.55 bits per heavy atom. The number of phenolic OH excluding ortho intramolecular Hbond substituents is 1. The first-order chi connectivity index (χ1) is 9.47. The van der Waals surface area contributed by atoms with Crippen molar-refractivity contribution in [2.45, 2.75) is 19.9 Å². The first kappa shape index (κ1) is 14.0. The van der Waals surface area contributed by atoms with Gasteiger partial charge < -0.3 is 10.4 Å². The number of rotatable bonds is 4. The van der Waals surface area contributed by atoms with E-state index < -0.39 is 11.6 Å². The summed E-state index contributed by atoms with van der Waals surface area (Å²) in [6.45, 7) is 4.25. The lowest BCUT2D eigenvalue weighted by Crippen LogP contribution is -2.29. The maximum Gasteiger partial charge on any atom is 0.251 e. The van der Waals surface area contributed by atoms with Gasteiger partial charge in [-0.2, -0.15) is 5.10 Å². The average molecular weight is 277 g/mol. The van der Waals surface area contributed by atoms with Crippen LogP contribution in [0, 0.1) is 12.7 Å². The molecule has 6 heteroatoms. The molecule has 1 aromatic heterocycles. The van der Waals surface area contributed by atoms with Crippen LogP contribution in [0.15, 0.2) is 30.6 Å². The number of nitrogens with zero attached hydrogens (tertiary/aromatic N) is 2. The number of benzene rings is 1. The molecule has 1 heterocycles. The van der Waals surface area contributed by atoms with Crippen LogP contribution in [0.4, 0.5) is 4.39 Å². The van der Waals surface area contributed by atoms with Crippen LogP contribution in [0.25, 0.3) is 0 Å². The van der Waals surface area contributed by atoms with Crippen LogP contribution in [0.3, 0.4) is 0 Å². The number of nitrogens with one attached hydrogen (secondary N) is 1. The molecule has 0 aliphatic heterocycles. The number of aromatic nitrogens is 2. The van der Waals surface area contributed by atoms with E-state index in [4.69, 9.17) is 0 Å². The van der Waals surface area contributed by atoms with Crippen molar-refractivity contribution in [3.63, 3.8) is 0 Å².